The van der Waals surface area contributed by atoms with E-state index in [9.17, 15) is 4.79 Å². The first-order chi connectivity index (χ1) is 9.15. The summed E-state index contributed by atoms with van der Waals surface area (Å²) in [6.45, 7) is 4.20. The van der Waals surface area contributed by atoms with E-state index in [1.165, 1.54) is 0 Å². The van der Waals surface area contributed by atoms with Crippen molar-refractivity contribution >= 4 is 24.0 Å². The molecule has 0 bridgehead atoms. The van der Waals surface area contributed by atoms with Gasteiger partial charge in [-0.25, -0.2) is 0 Å². The summed E-state index contributed by atoms with van der Waals surface area (Å²) in [4.78, 5) is 12.1. The number of nitrogens with two attached hydrogens (primary N) is 1. The van der Waals surface area contributed by atoms with Gasteiger partial charge in [0.15, 0.2) is 5.76 Å². The molecule has 0 fully saturated rings. The predicted octanol–water partition coefficient (Wildman–Crippen LogP) is 2.68. The predicted molar refractivity (Wildman–Crippen MR) is 80.2 cm³/mol. The average molecular weight is 296 g/mol. The number of nitrogens with zero attached hydrogens (tertiary/aromatic N) is 1. The number of aryl methyl sites for hydroxylation is 2. The van der Waals surface area contributed by atoms with Gasteiger partial charge in [-0.1, -0.05) is 24.2 Å². The number of amides is 1. The normalized spacial score (nSPS) is 9.95. The fourth-order valence-corrected chi connectivity index (χ4v) is 1.80. The molecule has 0 saturated heterocycles. The summed E-state index contributed by atoms with van der Waals surface area (Å²) in [7, 11) is 0. The van der Waals surface area contributed by atoms with E-state index in [4.69, 9.17) is 10.3 Å². The van der Waals surface area contributed by atoms with E-state index in [-0.39, 0.29) is 18.3 Å². The van der Waals surface area contributed by atoms with E-state index in [0.29, 0.717) is 30.0 Å². The highest BCUT2D eigenvalue weighted by Crippen LogP contribution is 2.21. The number of hydrogen-bond acceptors (Lipinski definition) is 4. The molecule has 3 N–H and O–H groups in total. The Morgan fingerprint density at radius 3 is 2.55 bits per heavy atom. The fraction of sp³-hybridized carbons (Fsp3) is 0.286. The molecule has 1 heterocycles. The maximum absolute atomic E-state index is 12.1. The molecule has 0 atom stereocenters. The molecule has 0 saturated carbocycles. The van der Waals surface area contributed by atoms with E-state index in [0.717, 1.165) is 11.3 Å². The van der Waals surface area contributed by atoms with Crippen molar-refractivity contribution in [1.82, 2.24) is 5.16 Å². The molecule has 1 aromatic heterocycles. The minimum atomic E-state index is -0.176. The number of carbonyl (C=O) groups excluding carboxylic acids is 1. The Morgan fingerprint density at radius 1 is 1.35 bits per heavy atom. The van der Waals surface area contributed by atoms with Crippen LogP contribution in [-0.4, -0.2) is 11.1 Å². The second kappa shape index (κ2) is 7.07. The quantitative estimate of drug-likeness (QED) is 0.908. The zero-order chi connectivity index (χ0) is 13.8. The number of halogens is 1. The topological polar surface area (TPSA) is 81.2 Å². The van der Waals surface area contributed by atoms with Crippen molar-refractivity contribution in [3.8, 4) is 0 Å². The third-order valence-corrected chi connectivity index (χ3v) is 2.96. The lowest BCUT2D eigenvalue weighted by molar-refractivity contribution is 0.102. The minimum Gasteiger partial charge on any atom is -0.359 e. The molecule has 108 valence electrons. The third kappa shape index (κ3) is 3.37. The van der Waals surface area contributed by atoms with Crippen LogP contribution in [0.1, 0.15) is 34.3 Å². The molecule has 2 rings (SSSR count). The number of benzene rings is 1. The van der Waals surface area contributed by atoms with Gasteiger partial charge in [0.1, 0.15) is 11.4 Å². The van der Waals surface area contributed by atoms with Gasteiger partial charge in [-0.3, -0.25) is 4.79 Å². The Labute approximate surface area is 123 Å². The summed E-state index contributed by atoms with van der Waals surface area (Å²) >= 11 is 0. The summed E-state index contributed by atoms with van der Waals surface area (Å²) in [6.07, 6.45) is 0.707. The van der Waals surface area contributed by atoms with Crippen molar-refractivity contribution in [3.63, 3.8) is 0 Å². The summed E-state index contributed by atoms with van der Waals surface area (Å²) in [5.41, 5.74) is 8.51. The molecule has 0 aliphatic carbocycles. The second-order valence-electron chi connectivity index (χ2n) is 4.27. The van der Waals surface area contributed by atoms with Gasteiger partial charge < -0.3 is 15.6 Å². The SMILES string of the molecule is CCc1noc(C)c1NC(=O)c1ccc(CN)cc1.Cl. The molecule has 0 aliphatic rings. The lowest BCUT2D eigenvalue weighted by atomic mass is 10.1. The first kappa shape index (κ1) is 16.2. The van der Waals surface area contributed by atoms with Crippen molar-refractivity contribution in [2.24, 2.45) is 5.73 Å². The molecule has 1 aromatic carbocycles. The Balaban J connectivity index is 0.00000200. The maximum atomic E-state index is 12.1. The van der Waals surface area contributed by atoms with Gasteiger partial charge in [0.05, 0.1) is 0 Å². The number of nitrogens with one attached hydrogen (secondary N) is 1. The molecule has 20 heavy (non-hydrogen) atoms. The lowest BCUT2D eigenvalue weighted by Gasteiger charge is -2.05. The van der Waals surface area contributed by atoms with E-state index in [2.05, 4.69) is 10.5 Å². The summed E-state index contributed by atoms with van der Waals surface area (Å²) in [5.74, 6) is 0.438. The Kier molecular flexibility index (Phi) is 5.73. The van der Waals surface area contributed by atoms with E-state index < -0.39 is 0 Å². The first-order valence-electron chi connectivity index (χ1n) is 6.21. The van der Waals surface area contributed by atoms with Crippen molar-refractivity contribution < 1.29 is 9.32 Å². The van der Waals surface area contributed by atoms with Crippen molar-refractivity contribution in [3.05, 3.63) is 46.8 Å². The molecule has 1 amide bonds. The Morgan fingerprint density at radius 2 is 2.00 bits per heavy atom. The fourth-order valence-electron chi connectivity index (χ4n) is 1.80. The number of hydrogen-bond donors (Lipinski definition) is 2. The number of aromatic nitrogens is 1. The smallest absolute Gasteiger partial charge is 0.255 e. The molecule has 5 nitrogen and oxygen atoms in total. The van der Waals surface area contributed by atoms with Crippen LogP contribution in [0.3, 0.4) is 0 Å². The minimum absolute atomic E-state index is 0. The van der Waals surface area contributed by atoms with Crippen molar-refractivity contribution in [2.45, 2.75) is 26.8 Å². The highest BCUT2D eigenvalue weighted by atomic mass is 35.5. The molecule has 0 spiro atoms. The van der Waals surface area contributed by atoms with Crippen LogP contribution in [0.5, 0.6) is 0 Å². The molecule has 6 heteroatoms. The van der Waals surface area contributed by atoms with E-state index in [1.54, 1.807) is 19.1 Å². The first-order valence-corrected chi connectivity index (χ1v) is 6.21. The summed E-state index contributed by atoms with van der Waals surface area (Å²) in [5, 5.41) is 6.74. The van der Waals surface area contributed by atoms with Crippen LogP contribution in [0.2, 0.25) is 0 Å². The molecule has 2 aromatic rings. The van der Waals surface area contributed by atoms with Crippen LogP contribution in [0.15, 0.2) is 28.8 Å². The van der Waals surface area contributed by atoms with Gasteiger partial charge in [0, 0.05) is 12.1 Å². The highest BCUT2D eigenvalue weighted by Gasteiger charge is 2.15. The van der Waals surface area contributed by atoms with Crippen LogP contribution in [0, 0.1) is 6.92 Å². The molecular weight excluding hydrogens is 278 g/mol. The Bertz CT molecular complexity index is 579. The van der Waals surface area contributed by atoms with Crippen LogP contribution in [-0.2, 0) is 13.0 Å². The van der Waals surface area contributed by atoms with Crippen LogP contribution in [0.25, 0.3) is 0 Å². The lowest BCUT2D eigenvalue weighted by Crippen LogP contribution is -2.13. The van der Waals surface area contributed by atoms with E-state index in [1.807, 2.05) is 19.1 Å². The van der Waals surface area contributed by atoms with Crippen molar-refractivity contribution in [2.75, 3.05) is 5.32 Å². The van der Waals surface area contributed by atoms with Gasteiger partial charge in [0.25, 0.3) is 5.91 Å². The summed E-state index contributed by atoms with van der Waals surface area (Å²) in [6, 6.07) is 7.20. The van der Waals surface area contributed by atoms with Crippen LogP contribution in [0.4, 0.5) is 5.69 Å². The molecule has 0 unspecified atom stereocenters. The van der Waals surface area contributed by atoms with Crippen molar-refractivity contribution in [1.29, 1.82) is 0 Å². The maximum Gasteiger partial charge on any atom is 0.255 e. The second-order valence-corrected chi connectivity index (χ2v) is 4.27. The zero-order valence-electron chi connectivity index (χ0n) is 11.5. The van der Waals surface area contributed by atoms with Crippen LogP contribution >= 0.6 is 12.4 Å². The number of carbonyl (C=O) groups is 1. The highest BCUT2D eigenvalue weighted by molar-refractivity contribution is 6.04. The molecule has 0 radical (unpaired) electrons. The monoisotopic (exact) mass is 295 g/mol. The number of rotatable bonds is 4. The third-order valence-electron chi connectivity index (χ3n) is 2.96. The molecular formula is C14H18ClN3O2. The Hall–Kier alpha value is -1.85. The van der Waals surface area contributed by atoms with Gasteiger partial charge in [-0.05, 0) is 31.0 Å². The standard InChI is InChI=1S/C14H17N3O2.ClH/c1-3-12-13(9(2)19-17-12)16-14(18)11-6-4-10(8-15)5-7-11;/h4-7H,3,8,15H2,1-2H3,(H,16,18);1H. The largest absolute Gasteiger partial charge is 0.359 e. The zero-order valence-corrected chi connectivity index (χ0v) is 12.3. The van der Waals surface area contributed by atoms with Gasteiger partial charge in [-0.15, -0.1) is 12.4 Å². The van der Waals surface area contributed by atoms with Crippen LogP contribution < -0.4 is 11.1 Å². The average Bonchev–Trinajstić information content (AvgIpc) is 2.79. The molecule has 0 aliphatic heterocycles. The summed E-state index contributed by atoms with van der Waals surface area (Å²) < 4.78 is 5.08. The van der Waals surface area contributed by atoms with Gasteiger partial charge in [0.2, 0.25) is 0 Å². The van der Waals surface area contributed by atoms with E-state index >= 15 is 0 Å². The number of anilines is 1. The van der Waals surface area contributed by atoms with Gasteiger partial charge in [-0.2, -0.15) is 0 Å². The van der Waals surface area contributed by atoms with Gasteiger partial charge >= 0.3 is 0 Å².